The van der Waals surface area contributed by atoms with E-state index in [0.717, 1.165) is 10.6 Å². The first-order valence-corrected chi connectivity index (χ1v) is 13.7. The molecule has 2 aromatic rings. The Morgan fingerprint density at radius 2 is 1.59 bits per heavy atom. The summed E-state index contributed by atoms with van der Waals surface area (Å²) >= 11 is 24.7. The topological polar surface area (TPSA) is 86.8 Å². The van der Waals surface area contributed by atoms with Crippen molar-refractivity contribution in [2.45, 2.75) is 32.9 Å². The quantitative estimate of drug-likeness (QED) is 0.436. The normalized spacial score (nSPS) is 12.2. The number of carbonyl (C=O) groups is 2. The molecule has 0 aliphatic carbocycles. The molecule has 2 amide bonds. The van der Waals surface area contributed by atoms with Crippen molar-refractivity contribution in [2.75, 3.05) is 23.7 Å². The van der Waals surface area contributed by atoms with Crippen molar-refractivity contribution in [3.8, 4) is 0 Å². The second-order valence-corrected chi connectivity index (χ2v) is 10.9. The standard InChI is InChI=1S/C22H25Cl4N3O4S/c1-4-20(22(31)27-5-2)28(12-15-16(23)7-6-8-17(15)24)21(30)13-29(34(3,32)33)14-9-10-18(25)19(26)11-14/h6-11,20H,4-5,12-13H2,1-3H3,(H,27,31)/t20-/m0/s1. The fraction of sp³-hybridized carbons (Fsp3) is 0.364. The number of likely N-dealkylation sites (N-methyl/N-ethyl adjacent to an activating group) is 1. The third kappa shape index (κ3) is 7.15. The van der Waals surface area contributed by atoms with Crippen LogP contribution in [0, 0.1) is 0 Å². The highest BCUT2D eigenvalue weighted by molar-refractivity contribution is 7.92. The molecule has 1 N–H and O–H groups in total. The number of anilines is 1. The van der Waals surface area contributed by atoms with Crippen molar-refractivity contribution in [2.24, 2.45) is 0 Å². The smallest absolute Gasteiger partial charge is 0.244 e. The van der Waals surface area contributed by atoms with Crippen LogP contribution in [0.1, 0.15) is 25.8 Å². The lowest BCUT2D eigenvalue weighted by Gasteiger charge is -2.33. The Morgan fingerprint density at radius 3 is 2.09 bits per heavy atom. The Morgan fingerprint density at radius 1 is 0.971 bits per heavy atom. The van der Waals surface area contributed by atoms with Crippen molar-refractivity contribution in [3.05, 3.63) is 62.1 Å². The van der Waals surface area contributed by atoms with E-state index in [1.54, 1.807) is 32.0 Å². The number of carbonyl (C=O) groups excluding carboxylic acids is 2. The van der Waals surface area contributed by atoms with Crippen LogP contribution in [0.4, 0.5) is 5.69 Å². The van der Waals surface area contributed by atoms with E-state index in [0.29, 0.717) is 22.2 Å². The minimum absolute atomic E-state index is 0.0913. The SMILES string of the molecule is CCNC(=O)[C@H](CC)N(Cc1c(Cl)cccc1Cl)C(=O)CN(c1ccc(Cl)c(Cl)c1)S(C)(=O)=O. The minimum atomic E-state index is -3.90. The largest absolute Gasteiger partial charge is 0.355 e. The number of nitrogens with one attached hydrogen (secondary N) is 1. The van der Waals surface area contributed by atoms with Gasteiger partial charge in [-0.25, -0.2) is 8.42 Å². The molecule has 2 aromatic carbocycles. The van der Waals surface area contributed by atoms with Crippen molar-refractivity contribution in [3.63, 3.8) is 0 Å². The number of benzene rings is 2. The number of sulfonamides is 1. The van der Waals surface area contributed by atoms with E-state index >= 15 is 0 Å². The summed E-state index contributed by atoms with van der Waals surface area (Å²) in [7, 11) is -3.90. The summed E-state index contributed by atoms with van der Waals surface area (Å²) in [6, 6.07) is 8.26. The maximum atomic E-state index is 13.6. The van der Waals surface area contributed by atoms with Crippen LogP contribution in [0.3, 0.4) is 0 Å². The average Bonchev–Trinajstić information content (AvgIpc) is 2.75. The highest BCUT2D eigenvalue weighted by Gasteiger charge is 2.32. The average molecular weight is 569 g/mol. The number of halogens is 4. The van der Waals surface area contributed by atoms with E-state index < -0.39 is 28.5 Å². The third-order valence-corrected chi connectivity index (χ3v) is 7.59. The van der Waals surface area contributed by atoms with Crippen LogP contribution in [-0.4, -0.2) is 50.5 Å². The fourth-order valence-electron chi connectivity index (χ4n) is 3.32. The molecule has 12 heteroatoms. The lowest BCUT2D eigenvalue weighted by atomic mass is 10.1. The molecule has 0 aliphatic rings. The van der Waals surface area contributed by atoms with E-state index in [-0.39, 0.29) is 34.6 Å². The second-order valence-electron chi connectivity index (χ2n) is 7.41. The molecule has 2 rings (SSSR count). The Labute approximate surface area is 220 Å². The number of rotatable bonds is 10. The molecule has 0 aliphatic heterocycles. The Kier molecular flexibility index (Phi) is 10.3. The molecule has 0 spiro atoms. The van der Waals surface area contributed by atoms with Crippen molar-refractivity contribution in [1.82, 2.24) is 10.2 Å². The summed E-state index contributed by atoms with van der Waals surface area (Å²) in [5.41, 5.74) is 0.606. The first kappa shape index (κ1) is 28.5. The van der Waals surface area contributed by atoms with Crippen LogP contribution in [-0.2, 0) is 26.2 Å². The summed E-state index contributed by atoms with van der Waals surface area (Å²) in [5.74, 6) is -0.993. The number of amides is 2. The van der Waals surface area contributed by atoms with Crippen molar-refractivity contribution >= 4 is 73.9 Å². The molecule has 0 radical (unpaired) electrons. The summed E-state index contributed by atoms with van der Waals surface area (Å²) in [6.07, 6.45) is 1.25. The van der Waals surface area contributed by atoms with Gasteiger partial charge in [0.15, 0.2) is 0 Å². The van der Waals surface area contributed by atoms with E-state index in [9.17, 15) is 18.0 Å². The summed E-state index contributed by atoms with van der Waals surface area (Å²) < 4.78 is 26.1. The Bertz CT molecular complexity index is 1140. The maximum absolute atomic E-state index is 13.6. The van der Waals surface area contributed by atoms with Gasteiger partial charge in [-0.05, 0) is 43.7 Å². The van der Waals surface area contributed by atoms with E-state index in [4.69, 9.17) is 46.4 Å². The van der Waals surface area contributed by atoms with Crippen LogP contribution >= 0.6 is 46.4 Å². The summed E-state index contributed by atoms with van der Waals surface area (Å²) in [5, 5.41) is 3.72. The molecule has 7 nitrogen and oxygen atoms in total. The minimum Gasteiger partial charge on any atom is -0.355 e. The predicted molar refractivity (Wildman–Crippen MR) is 138 cm³/mol. The summed E-state index contributed by atoms with van der Waals surface area (Å²) in [4.78, 5) is 27.6. The number of hydrogen-bond donors (Lipinski definition) is 1. The molecule has 0 fully saturated rings. The van der Waals surface area contributed by atoms with E-state index in [1.807, 2.05) is 0 Å². The van der Waals surface area contributed by atoms with Crippen molar-refractivity contribution in [1.29, 1.82) is 0 Å². The van der Waals surface area contributed by atoms with Crippen LogP contribution in [0.25, 0.3) is 0 Å². The predicted octanol–water partition coefficient (Wildman–Crippen LogP) is 5.01. The zero-order valence-electron chi connectivity index (χ0n) is 18.8. The molecule has 0 unspecified atom stereocenters. The monoisotopic (exact) mass is 567 g/mol. The van der Waals surface area contributed by atoms with Gasteiger partial charge in [-0.3, -0.25) is 13.9 Å². The highest BCUT2D eigenvalue weighted by atomic mass is 35.5. The Balaban J connectivity index is 2.51. The second kappa shape index (κ2) is 12.3. The molecule has 0 heterocycles. The van der Waals surface area contributed by atoms with Crippen LogP contribution in [0.2, 0.25) is 20.1 Å². The van der Waals surface area contributed by atoms with E-state index in [2.05, 4.69) is 5.32 Å². The molecule has 186 valence electrons. The van der Waals surface area contributed by atoms with Gasteiger partial charge in [0.2, 0.25) is 21.8 Å². The Hall–Kier alpha value is -1.71. The van der Waals surface area contributed by atoms with Gasteiger partial charge >= 0.3 is 0 Å². The van der Waals surface area contributed by atoms with Gasteiger partial charge in [0.05, 0.1) is 22.0 Å². The maximum Gasteiger partial charge on any atom is 0.244 e. The van der Waals surface area contributed by atoms with Crippen LogP contribution in [0.15, 0.2) is 36.4 Å². The molecule has 0 bridgehead atoms. The van der Waals surface area contributed by atoms with Crippen LogP contribution < -0.4 is 9.62 Å². The molecule has 0 saturated heterocycles. The third-order valence-electron chi connectivity index (χ3n) is 5.00. The van der Waals surface area contributed by atoms with Gasteiger partial charge in [0, 0.05) is 28.7 Å². The van der Waals surface area contributed by atoms with Gasteiger partial charge in [-0.1, -0.05) is 59.4 Å². The first-order chi connectivity index (χ1) is 15.9. The van der Waals surface area contributed by atoms with Gasteiger partial charge in [-0.2, -0.15) is 0 Å². The van der Waals surface area contributed by atoms with E-state index in [1.165, 1.54) is 23.1 Å². The zero-order valence-corrected chi connectivity index (χ0v) is 22.7. The van der Waals surface area contributed by atoms with Crippen LogP contribution in [0.5, 0.6) is 0 Å². The van der Waals surface area contributed by atoms with Gasteiger partial charge < -0.3 is 10.2 Å². The summed E-state index contributed by atoms with van der Waals surface area (Å²) in [6.45, 7) is 3.21. The molecular formula is C22H25Cl4N3O4S. The van der Waals surface area contributed by atoms with Crippen molar-refractivity contribution < 1.29 is 18.0 Å². The van der Waals surface area contributed by atoms with Gasteiger partial charge in [-0.15, -0.1) is 0 Å². The first-order valence-electron chi connectivity index (χ1n) is 10.3. The molecule has 0 aromatic heterocycles. The van der Waals surface area contributed by atoms with Gasteiger partial charge in [0.1, 0.15) is 12.6 Å². The molecule has 1 atom stereocenters. The lowest BCUT2D eigenvalue weighted by molar-refractivity contribution is -0.140. The van der Waals surface area contributed by atoms with Gasteiger partial charge in [0.25, 0.3) is 0 Å². The lowest BCUT2D eigenvalue weighted by Crippen LogP contribution is -2.52. The molecule has 0 saturated carbocycles. The molecular weight excluding hydrogens is 544 g/mol. The fourth-order valence-corrected chi connectivity index (χ4v) is 4.97. The highest BCUT2D eigenvalue weighted by Crippen LogP contribution is 2.30. The molecule has 34 heavy (non-hydrogen) atoms. The number of nitrogens with zero attached hydrogens (tertiary/aromatic N) is 2. The number of hydrogen-bond acceptors (Lipinski definition) is 4. The zero-order chi connectivity index (χ0) is 25.6.